The maximum absolute atomic E-state index is 11.7. The normalized spacial score (nSPS) is 14.2. The molecule has 0 aliphatic heterocycles. The average molecular weight is 325 g/mol. The zero-order valence-corrected chi connectivity index (χ0v) is 14.2. The minimum atomic E-state index is -1.95. The first-order valence-corrected chi connectivity index (χ1v) is 7.97. The average Bonchev–Trinajstić information content (AvgIpc) is 2.42. The third-order valence-corrected chi connectivity index (χ3v) is 4.19. The van der Waals surface area contributed by atoms with Gasteiger partial charge in [-0.3, -0.25) is 4.79 Å². The van der Waals surface area contributed by atoms with E-state index in [1.165, 1.54) is 17.3 Å². The van der Waals surface area contributed by atoms with Gasteiger partial charge in [-0.05, 0) is 30.0 Å². The molecule has 1 amide bonds. The highest BCUT2D eigenvalue weighted by atomic mass is 32.2. The van der Waals surface area contributed by atoms with Crippen LogP contribution in [0.3, 0.4) is 0 Å². The molecule has 3 N–H and O–H groups in total. The number of carbonyl (C=O) groups excluding carboxylic acids is 1. The number of carbonyl (C=O) groups is 2. The van der Waals surface area contributed by atoms with Crippen LogP contribution in [0.5, 0.6) is 0 Å². The van der Waals surface area contributed by atoms with Gasteiger partial charge in [0, 0.05) is 4.90 Å². The summed E-state index contributed by atoms with van der Waals surface area (Å²) in [6, 6.07) is 8.00. The van der Waals surface area contributed by atoms with Crippen LogP contribution in [0.15, 0.2) is 29.2 Å². The molecule has 122 valence electrons. The molecule has 1 aromatic rings. The number of hydrogen-bond donors (Lipinski definition) is 3. The van der Waals surface area contributed by atoms with E-state index < -0.39 is 11.6 Å². The van der Waals surface area contributed by atoms with E-state index in [-0.39, 0.29) is 23.6 Å². The lowest BCUT2D eigenvalue weighted by Crippen LogP contribution is -2.46. The number of benzene rings is 1. The second kappa shape index (κ2) is 7.15. The van der Waals surface area contributed by atoms with E-state index in [2.05, 4.69) is 26.1 Å². The van der Waals surface area contributed by atoms with Gasteiger partial charge in [0.15, 0.2) is 5.60 Å². The molecule has 0 aliphatic carbocycles. The summed E-state index contributed by atoms with van der Waals surface area (Å²) < 4.78 is 0. The van der Waals surface area contributed by atoms with Crippen LogP contribution in [0.4, 0.5) is 0 Å². The van der Waals surface area contributed by atoms with Gasteiger partial charge in [-0.25, -0.2) is 4.79 Å². The molecule has 0 saturated carbocycles. The summed E-state index contributed by atoms with van der Waals surface area (Å²) >= 11 is 1.37. The van der Waals surface area contributed by atoms with Crippen LogP contribution in [0, 0.1) is 0 Å². The fraction of sp³-hybridized carbons (Fsp3) is 0.500. The molecule has 22 heavy (non-hydrogen) atoms. The summed E-state index contributed by atoms with van der Waals surface area (Å²) in [5.74, 6) is -1.51. The van der Waals surface area contributed by atoms with Gasteiger partial charge in [0.05, 0.1) is 12.3 Å². The minimum absolute atomic E-state index is 0.0863. The zero-order chi connectivity index (χ0) is 17.0. The van der Waals surface area contributed by atoms with Gasteiger partial charge in [-0.1, -0.05) is 32.9 Å². The van der Waals surface area contributed by atoms with Crippen molar-refractivity contribution in [1.82, 2.24) is 5.32 Å². The van der Waals surface area contributed by atoms with Crippen molar-refractivity contribution in [3.63, 3.8) is 0 Å². The Hall–Kier alpha value is -1.53. The fourth-order valence-corrected chi connectivity index (χ4v) is 2.33. The Labute approximate surface area is 135 Å². The third-order valence-electron chi connectivity index (χ3n) is 3.18. The van der Waals surface area contributed by atoms with Crippen LogP contribution in [0.2, 0.25) is 0 Å². The molecule has 1 unspecified atom stereocenters. The molecule has 0 saturated heterocycles. The molecule has 0 fully saturated rings. The SMILES string of the molecule is CC(O)(CNC(=O)CSc1ccc(C(C)(C)C)cc1)C(=O)O. The number of thioether (sulfide) groups is 1. The van der Waals surface area contributed by atoms with E-state index in [9.17, 15) is 14.7 Å². The predicted molar refractivity (Wildman–Crippen MR) is 87.1 cm³/mol. The van der Waals surface area contributed by atoms with Crippen molar-refractivity contribution in [1.29, 1.82) is 0 Å². The van der Waals surface area contributed by atoms with E-state index in [0.29, 0.717) is 0 Å². The summed E-state index contributed by atoms with van der Waals surface area (Å²) in [5, 5.41) is 20.7. The lowest BCUT2D eigenvalue weighted by Gasteiger charge is -2.19. The van der Waals surface area contributed by atoms with Crippen molar-refractivity contribution in [2.75, 3.05) is 12.3 Å². The Morgan fingerprint density at radius 1 is 1.14 bits per heavy atom. The Morgan fingerprint density at radius 3 is 2.14 bits per heavy atom. The third kappa shape index (κ3) is 5.69. The number of aliphatic hydroxyl groups is 1. The predicted octanol–water partition coefficient (Wildman–Crippen LogP) is 2.03. The van der Waals surface area contributed by atoms with Gasteiger partial charge in [0.2, 0.25) is 5.91 Å². The first-order valence-electron chi connectivity index (χ1n) is 6.98. The topological polar surface area (TPSA) is 86.6 Å². The first kappa shape index (κ1) is 18.5. The number of hydrogen-bond acceptors (Lipinski definition) is 4. The largest absolute Gasteiger partial charge is 0.479 e. The molecule has 0 bridgehead atoms. The molecule has 1 rings (SSSR count). The quantitative estimate of drug-likeness (QED) is 0.697. The Bertz CT molecular complexity index is 532. The van der Waals surface area contributed by atoms with Gasteiger partial charge in [-0.2, -0.15) is 0 Å². The molecule has 0 aromatic heterocycles. The van der Waals surface area contributed by atoms with Crippen LogP contribution in [-0.4, -0.2) is 40.0 Å². The van der Waals surface area contributed by atoms with E-state index in [1.54, 1.807) is 0 Å². The number of rotatable bonds is 6. The summed E-state index contributed by atoms with van der Waals surface area (Å²) in [4.78, 5) is 23.4. The number of nitrogens with one attached hydrogen (secondary N) is 1. The maximum atomic E-state index is 11.7. The molecule has 1 atom stereocenters. The van der Waals surface area contributed by atoms with Crippen molar-refractivity contribution >= 4 is 23.6 Å². The molecule has 1 aromatic carbocycles. The smallest absolute Gasteiger partial charge is 0.337 e. The van der Waals surface area contributed by atoms with E-state index in [1.807, 2.05) is 24.3 Å². The summed E-state index contributed by atoms with van der Waals surface area (Å²) in [7, 11) is 0. The second-order valence-corrected chi connectivity index (χ2v) is 7.47. The second-order valence-electron chi connectivity index (χ2n) is 6.42. The highest BCUT2D eigenvalue weighted by molar-refractivity contribution is 8.00. The van der Waals surface area contributed by atoms with Gasteiger partial charge in [0.1, 0.15) is 0 Å². The lowest BCUT2D eigenvalue weighted by atomic mass is 9.87. The summed E-state index contributed by atoms with van der Waals surface area (Å²) in [6.07, 6.45) is 0. The van der Waals surface area contributed by atoms with Gasteiger partial charge < -0.3 is 15.5 Å². The molecular weight excluding hydrogens is 302 g/mol. The van der Waals surface area contributed by atoms with Crippen molar-refractivity contribution in [3.05, 3.63) is 29.8 Å². The number of carboxylic acid groups (broad SMARTS) is 1. The number of carboxylic acids is 1. The van der Waals surface area contributed by atoms with E-state index in [0.717, 1.165) is 11.8 Å². The van der Waals surface area contributed by atoms with Gasteiger partial charge in [0.25, 0.3) is 0 Å². The molecule has 6 heteroatoms. The van der Waals surface area contributed by atoms with Crippen molar-refractivity contribution in [2.45, 2.75) is 43.6 Å². The van der Waals surface area contributed by atoms with Gasteiger partial charge in [-0.15, -0.1) is 11.8 Å². The summed E-state index contributed by atoms with van der Waals surface area (Å²) in [6.45, 7) is 7.24. The molecule has 0 radical (unpaired) electrons. The highest BCUT2D eigenvalue weighted by Crippen LogP contribution is 2.25. The fourth-order valence-electron chi connectivity index (χ4n) is 1.60. The zero-order valence-electron chi connectivity index (χ0n) is 13.3. The number of aliphatic carboxylic acids is 1. The molecule has 5 nitrogen and oxygen atoms in total. The molecule has 0 aliphatic rings. The molecule has 0 heterocycles. The number of amides is 1. The monoisotopic (exact) mass is 325 g/mol. The van der Waals surface area contributed by atoms with Crippen molar-refractivity contribution in [3.8, 4) is 0 Å². The van der Waals surface area contributed by atoms with Gasteiger partial charge >= 0.3 is 5.97 Å². The standard InChI is InChI=1S/C16H23NO4S/c1-15(2,3)11-5-7-12(8-6-11)22-9-13(18)17-10-16(4,21)14(19)20/h5-8,21H,9-10H2,1-4H3,(H,17,18)(H,19,20). The van der Waals surface area contributed by atoms with Crippen LogP contribution in [-0.2, 0) is 15.0 Å². The van der Waals surface area contributed by atoms with Crippen molar-refractivity contribution < 1.29 is 19.8 Å². The van der Waals surface area contributed by atoms with Crippen LogP contribution in [0.1, 0.15) is 33.3 Å². The Kier molecular flexibility index (Phi) is 6.02. The highest BCUT2D eigenvalue weighted by Gasteiger charge is 2.30. The van der Waals surface area contributed by atoms with Crippen molar-refractivity contribution in [2.24, 2.45) is 0 Å². The first-order chi connectivity index (χ1) is 10.0. The van der Waals surface area contributed by atoms with Crippen LogP contribution < -0.4 is 5.32 Å². The Morgan fingerprint density at radius 2 is 1.68 bits per heavy atom. The van der Waals surface area contributed by atoms with Crippen LogP contribution >= 0.6 is 11.8 Å². The Balaban J connectivity index is 2.46. The minimum Gasteiger partial charge on any atom is -0.479 e. The lowest BCUT2D eigenvalue weighted by molar-refractivity contribution is -0.156. The van der Waals surface area contributed by atoms with E-state index >= 15 is 0 Å². The molecular formula is C16H23NO4S. The molecule has 0 spiro atoms. The van der Waals surface area contributed by atoms with Crippen LogP contribution in [0.25, 0.3) is 0 Å². The van der Waals surface area contributed by atoms with E-state index in [4.69, 9.17) is 5.11 Å². The summed E-state index contributed by atoms with van der Waals surface area (Å²) in [5.41, 5.74) is -0.642. The maximum Gasteiger partial charge on any atom is 0.337 e.